The van der Waals surface area contributed by atoms with Gasteiger partial charge >= 0.3 is 0 Å². The molecule has 2 nitrogen and oxygen atoms in total. The minimum Gasteiger partial charge on any atom is -0.493 e. The largest absolute Gasteiger partial charge is 0.493 e. The Morgan fingerprint density at radius 3 is 2.39 bits per heavy atom. The number of benzene rings is 1. The van der Waals surface area contributed by atoms with Crippen molar-refractivity contribution in [3.05, 3.63) is 29.8 Å². The zero-order valence-corrected chi connectivity index (χ0v) is 12.2. The Morgan fingerprint density at radius 1 is 1.17 bits per heavy atom. The molecule has 1 N–H and O–H groups in total. The van der Waals surface area contributed by atoms with E-state index in [2.05, 4.69) is 50.4 Å². The zero-order valence-electron chi connectivity index (χ0n) is 12.2. The third-order valence-corrected chi connectivity index (χ3v) is 3.27. The van der Waals surface area contributed by atoms with Crippen molar-refractivity contribution in [2.24, 2.45) is 5.92 Å². The maximum atomic E-state index is 5.79. The average Bonchev–Trinajstić information content (AvgIpc) is 2.38. The van der Waals surface area contributed by atoms with Crippen LogP contribution in [0, 0.1) is 5.92 Å². The van der Waals surface area contributed by atoms with Crippen molar-refractivity contribution < 1.29 is 4.74 Å². The molecule has 0 heterocycles. The number of nitrogens with one attached hydrogen (secondary N) is 1. The molecular formula is C16H27NO. The number of hydrogen-bond donors (Lipinski definition) is 1. The van der Waals surface area contributed by atoms with Crippen LogP contribution >= 0.6 is 0 Å². The van der Waals surface area contributed by atoms with Gasteiger partial charge in [-0.15, -0.1) is 0 Å². The third kappa shape index (κ3) is 5.54. The maximum Gasteiger partial charge on any atom is 0.119 e. The molecular weight excluding hydrogens is 222 g/mol. The van der Waals surface area contributed by atoms with Crippen molar-refractivity contribution >= 4 is 0 Å². The first-order chi connectivity index (χ1) is 8.65. The standard InChI is InChI=1S/C16H27NO/c1-5-6-13(2)12-18-16-9-7-15(8-10-16)11-14(3)17-4/h7-10,13-14,17H,5-6,11-12H2,1-4H3. The third-order valence-electron chi connectivity index (χ3n) is 3.27. The first-order valence-electron chi connectivity index (χ1n) is 7.04. The molecule has 0 aliphatic heterocycles. The van der Waals surface area contributed by atoms with E-state index < -0.39 is 0 Å². The second-order valence-corrected chi connectivity index (χ2v) is 5.24. The van der Waals surface area contributed by atoms with Crippen LogP contribution in [0.4, 0.5) is 0 Å². The highest BCUT2D eigenvalue weighted by atomic mass is 16.5. The van der Waals surface area contributed by atoms with Crippen LogP contribution < -0.4 is 10.1 Å². The molecule has 2 atom stereocenters. The number of hydrogen-bond acceptors (Lipinski definition) is 2. The topological polar surface area (TPSA) is 21.3 Å². The lowest BCUT2D eigenvalue weighted by Gasteiger charge is -2.13. The first-order valence-corrected chi connectivity index (χ1v) is 7.04. The Labute approximate surface area is 112 Å². The van der Waals surface area contributed by atoms with E-state index in [4.69, 9.17) is 4.74 Å². The monoisotopic (exact) mass is 249 g/mol. The second kappa shape index (κ2) is 8.15. The van der Waals surface area contributed by atoms with Gasteiger partial charge in [-0.3, -0.25) is 0 Å². The highest BCUT2D eigenvalue weighted by Crippen LogP contribution is 2.15. The van der Waals surface area contributed by atoms with Crippen LogP contribution in [0.5, 0.6) is 5.75 Å². The van der Waals surface area contributed by atoms with E-state index in [0.29, 0.717) is 12.0 Å². The van der Waals surface area contributed by atoms with Crippen LogP contribution in [-0.4, -0.2) is 19.7 Å². The Hall–Kier alpha value is -1.02. The van der Waals surface area contributed by atoms with Crippen molar-refractivity contribution in [1.82, 2.24) is 5.32 Å². The molecule has 1 aromatic carbocycles. The smallest absolute Gasteiger partial charge is 0.119 e. The van der Waals surface area contributed by atoms with E-state index in [0.717, 1.165) is 18.8 Å². The van der Waals surface area contributed by atoms with Crippen LogP contribution in [0.25, 0.3) is 0 Å². The van der Waals surface area contributed by atoms with Gasteiger partial charge in [-0.25, -0.2) is 0 Å². The van der Waals surface area contributed by atoms with Crippen molar-refractivity contribution in [3.63, 3.8) is 0 Å². The highest BCUT2D eigenvalue weighted by Gasteiger charge is 2.03. The predicted molar refractivity (Wildman–Crippen MR) is 78.2 cm³/mol. The molecule has 0 saturated heterocycles. The minimum absolute atomic E-state index is 0.515. The van der Waals surface area contributed by atoms with Crippen molar-refractivity contribution in [2.45, 2.75) is 46.1 Å². The Bertz CT molecular complexity index is 320. The van der Waals surface area contributed by atoms with Gasteiger partial charge in [-0.05, 0) is 50.4 Å². The van der Waals surface area contributed by atoms with Crippen molar-refractivity contribution in [3.8, 4) is 5.75 Å². The van der Waals surface area contributed by atoms with Crippen LogP contribution in [0.15, 0.2) is 24.3 Å². The minimum atomic E-state index is 0.515. The van der Waals surface area contributed by atoms with Gasteiger partial charge < -0.3 is 10.1 Å². The molecule has 1 aromatic rings. The lowest BCUT2D eigenvalue weighted by atomic mass is 10.1. The average molecular weight is 249 g/mol. The van der Waals surface area contributed by atoms with Gasteiger partial charge in [0.05, 0.1) is 6.61 Å². The van der Waals surface area contributed by atoms with Crippen LogP contribution in [0.1, 0.15) is 39.2 Å². The molecule has 0 fully saturated rings. The van der Waals surface area contributed by atoms with Gasteiger partial charge in [-0.2, -0.15) is 0 Å². The van der Waals surface area contributed by atoms with E-state index in [1.165, 1.54) is 18.4 Å². The summed E-state index contributed by atoms with van der Waals surface area (Å²) in [5.41, 5.74) is 1.35. The van der Waals surface area contributed by atoms with Gasteiger partial charge in [0.1, 0.15) is 5.75 Å². The molecule has 0 radical (unpaired) electrons. The summed E-state index contributed by atoms with van der Waals surface area (Å²) in [5, 5.41) is 3.25. The van der Waals surface area contributed by atoms with Gasteiger partial charge in [0.25, 0.3) is 0 Å². The molecule has 18 heavy (non-hydrogen) atoms. The lowest BCUT2D eigenvalue weighted by Crippen LogP contribution is -2.23. The predicted octanol–water partition coefficient (Wildman–Crippen LogP) is 3.65. The number of ether oxygens (including phenoxy) is 1. The summed E-state index contributed by atoms with van der Waals surface area (Å²) in [5.74, 6) is 1.62. The molecule has 0 saturated carbocycles. The molecule has 0 aliphatic rings. The molecule has 102 valence electrons. The lowest BCUT2D eigenvalue weighted by molar-refractivity contribution is 0.251. The van der Waals surface area contributed by atoms with Gasteiger partial charge in [0, 0.05) is 6.04 Å². The molecule has 0 aromatic heterocycles. The summed E-state index contributed by atoms with van der Waals surface area (Å²) in [6.45, 7) is 7.47. The molecule has 0 bridgehead atoms. The zero-order chi connectivity index (χ0) is 13.4. The summed E-state index contributed by atoms with van der Waals surface area (Å²) in [7, 11) is 2.00. The molecule has 0 amide bonds. The van der Waals surface area contributed by atoms with Gasteiger partial charge in [0.2, 0.25) is 0 Å². The number of rotatable bonds is 8. The van der Waals surface area contributed by atoms with E-state index in [9.17, 15) is 0 Å². The normalized spacial score (nSPS) is 14.2. The summed E-state index contributed by atoms with van der Waals surface area (Å²) in [4.78, 5) is 0. The SMILES string of the molecule is CCCC(C)COc1ccc(CC(C)NC)cc1. The first kappa shape index (κ1) is 15.0. The Balaban J connectivity index is 2.40. The molecule has 2 heteroatoms. The quantitative estimate of drug-likeness (QED) is 0.759. The maximum absolute atomic E-state index is 5.79. The second-order valence-electron chi connectivity index (χ2n) is 5.24. The van der Waals surface area contributed by atoms with Gasteiger partial charge in [-0.1, -0.05) is 32.4 Å². The number of likely N-dealkylation sites (N-methyl/N-ethyl adjacent to an activating group) is 1. The molecule has 0 spiro atoms. The molecule has 2 unspecified atom stereocenters. The summed E-state index contributed by atoms with van der Waals surface area (Å²) >= 11 is 0. The fourth-order valence-corrected chi connectivity index (χ4v) is 1.99. The summed E-state index contributed by atoms with van der Waals surface area (Å²) in [6.07, 6.45) is 3.52. The summed E-state index contributed by atoms with van der Waals surface area (Å²) in [6, 6.07) is 9.00. The van der Waals surface area contributed by atoms with Crippen molar-refractivity contribution in [2.75, 3.05) is 13.7 Å². The van der Waals surface area contributed by atoms with Crippen molar-refractivity contribution in [1.29, 1.82) is 0 Å². The van der Waals surface area contributed by atoms with E-state index >= 15 is 0 Å². The van der Waals surface area contributed by atoms with Crippen LogP contribution in [0.3, 0.4) is 0 Å². The Kier molecular flexibility index (Phi) is 6.81. The highest BCUT2D eigenvalue weighted by molar-refractivity contribution is 5.27. The van der Waals surface area contributed by atoms with E-state index in [1.54, 1.807) is 0 Å². The van der Waals surface area contributed by atoms with Gasteiger partial charge in [0.15, 0.2) is 0 Å². The van der Waals surface area contributed by atoms with E-state index in [1.807, 2.05) is 7.05 Å². The fraction of sp³-hybridized carbons (Fsp3) is 0.625. The summed E-state index contributed by atoms with van der Waals surface area (Å²) < 4.78 is 5.79. The Morgan fingerprint density at radius 2 is 1.83 bits per heavy atom. The fourth-order valence-electron chi connectivity index (χ4n) is 1.99. The van der Waals surface area contributed by atoms with E-state index in [-0.39, 0.29) is 0 Å². The molecule has 1 rings (SSSR count). The van der Waals surface area contributed by atoms with Crippen LogP contribution in [-0.2, 0) is 6.42 Å². The van der Waals surface area contributed by atoms with Crippen LogP contribution in [0.2, 0.25) is 0 Å². The molecule has 0 aliphatic carbocycles.